The third kappa shape index (κ3) is 2.81. The van der Waals surface area contributed by atoms with Crippen molar-refractivity contribution in [2.45, 2.75) is 26.2 Å². The molecule has 0 saturated heterocycles. The zero-order valence-electron chi connectivity index (χ0n) is 9.61. The van der Waals surface area contributed by atoms with E-state index in [4.69, 9.17) is 5.73 Å². The Bertz CT molecular complexity index is 228. The summed E-state index contributed by atoms with van der Waals surface area (Å²) in [7, 11) is 0. The van der Waals surface area contributed by atoms with Gasteiger partial charge in [-0.25, -0.2) is 0 Å². The van der Waals surface area contributed by atoms with Crippen molar-refractivity contribution in [3.63, 3.8) is 0 Å². The summed E-state index contributed by atoms with van der Waals surface area (Å²) in [6.45, 7) is 7.75. The van der Waals surface area contributed by atoms with Crippen molar-refractivity contribution in [3.05, 3.63) is 12.7 Å². The number of hydrogen-bond acceptors (Lipinski definition) is 2. The second-order valence-corrected chi connectivity index (χ2v) is 4.20. The topological polar surface area (TPSA) is 46.3 Å². The van der Waals surface area contributed by atoms with Crippen LogP contribution in [0.2, 0.25) is 0 Å². The van der Waals surface area contributed by atoms with E-state index in [1.165, 1.54) is 0 Å². The molecule has 0 aliphatic heterocycles. The molecule has 0 radical (unpaired) electrons. The van der Waals surface area contributed by atoms with Crippen molar-refractivity contribution in [1.82, 2.24) is 4.90 Å². The number of carbonyl (C=O) groups excluding carboxylic acids is 1. The van der Waals surface area contributed by atoms with Crippen LogP contribution in [-0.4, -0.2) is 30.4 Å². The van der Waals surface area contributed by atoms with Crippen molar-refractivity contribution < 1.29 is 4.79 Å². The van der Waals surface area contributed by atoms with Gasteiger partial charge in [0.1, 0.15) is 0 Å². The average molecular weight is 210 g/mol. The summed E-state index contributed by atoms with van der Waals surface area (Å²) in [6, 6.07) is 0. The van der Waals surface area contributed by atoms with Crippen LogP contribution in [0.3, 0.4) is 0 Å². The Labute approximate surface area is 92.3 Å². The molecule has 15 heavy (non-hydrogen) atoms. The maximum Gasteiger partial charge on any atom is 0.226 e. The van der Waals surface area contributed by atoms with Crippen LogP contribution >= 0.6 is 0 Å². The molecule has 0 aromatic carbocycles. The fourth-order valence-corrected chi connectivity index (χ4v) is 2.41. The Morgan fingerprint density at radius 2 is 2.33 bits per heavy atom. The number of likely N-dealkylation sites (N-methyl/N-ethyl adjacent to an activating group) is 1. The van der Waals surface area contributed by atoms with Gasteiger partial charge in [0.2, 0.25) is 5.91 Å². The summed E-state index contributed by atoms with van der Waals surface area (Å²) in [6.07, 6.45) is 5.05. The average Bonchev–Trinajstić information content (AvgIpc) is 2.72. The van der Waals surface area contributed by atoms with E-state index in [0.29, 0.717) is 19.0 Å². The van der Waals surface area contributed by atoms with Gasteiger partial charge in [-0.15, -0.1) is 6.58 Å². The lowest BCUT2D eigenvalue weighted by atomic mass is 9.95. The molecule has 2 atom stereocenters. The number of rotatable bonds is 5. The highest BCUT2D eigenvalue weighted by Gasteiger charge is 2.33. The SMILES string of the molecule is C=CCN(CC)C(=O)C1CCCC1CN. The van der Waals surface area contributed by atoms with Gasteiger partial charge in [0.05, 0.1) is 0 Å². The maximum absolute atomic E-state index is 12.2. The molecule has 1 fully saturated rings. The molecular weight excluding hydrogens is 188 g/mol. The van der Waals surface area contributed by atoms with Gasteiger partial charge in [0, 0.05) is 19.0 Å². The molecule has 1 aliphatic carbocycles. The van der Waals surface area contributed by atoms with E-state index in [1.807, 2.05) is 11.8 Å². The van der Waals surface area contributed by atoms with Crippen molar-refractivity contribution in [3.8, 4) is 0 Å². The number of hydrogen-bond donors (Lipinski definition) is 1. The van der Waals surface area contributed by atoms with Gasteiger partial charge in [-0.3, -0.25) is 4.79 Å². The summed E-state index contributed by atoms with van der Waals surface area (Å²) < 4.78 is 0. The lowest BCUT2D eigenvalue weighted by Crippen LogP contribution is -2.39. The predicted octanol–water partition coefficient (Wildman–Crippen LogP) is 1.40. The Kier molecular flexibility index (Phi) is 4.82. The van der Waals surface area contributed by atoms with Gasteiger partial charge in [-0.1, -0.05) is 12.5 Å². The zero-order valence-corrected chi connectivity index (χ0v) is 9.61. The van der Waals surface area contributed by atoms with E-state index in [-0.39, 0.29) is 11.8 Å². The smallest absolute Gasteiger partial charge is 0.226 e. The minimum atomic E-state index is 0.162. The van der Waals surface area contributed by atoms with Crippen LogP contribution in [0.4, 0.5) is 0 Å². The molecule has 0 bridgehead atoms. The third-order valence-electron chi connectivity index (χ3n) is 3.32. The summed E-state index contributed by atoms with van der Waals surface area (Å²) in [5, 5.41) is 0. The van der Waals surface area contributed by atoms with E-state index in [9.17, 15) is 4.79 Å². The molecule has 0 spiro atoms. The van der Waals surface area contributed by atoms with Crippen LogP contribution in [0, 0.1) is 11.8 Å². The molecule has 2 N–H and O–H groups in total. The second kappa shape index (κ2) is 5.91. The van der Waals surface area contributed by atoms with Crippen LogP contribution in [0.15, 0.2) is 12.7 Å². The molecule has 86 valence electrons. The Balaban J connectivity index is 2.60. The van der Waals surface area contributed by atoms with Gasteiger partial charge in [-0.05, 0) is 32.2 Å². The minimum Gasteiger partial charge on any atom is -0.339 e. The molecule has 0 heterocycles. The highest BCUT2D eigenvalue weighted by molar-refractivity contribution is 5.79. The number of carbonyl (C=O) groups is 1. The molecular formula is C12H22N2O. The summed E-state index contributed by atoms with van der Waals surface area (Å²) in [5.74, 6) is 0.830. The van der Waals surface area contributed by atoms with Crippen molar-refractivity contribution in [2.24, 2.45) is 17.6 Å². The third-order valence-corrected chi connectivity index (χ3v) is 3.32. The Morgan fingerprint density at radius 3 is 2.87 bits per heavy atom. The Morgan fingerprint density at radius 1 is 1.60 bits per heavy atom. The molecule has 2 unspecified atom stereocenters. The first-order valence-electron chi connectivity index (χ1n) is 5.84. The molecule has 1 saturated carbocycles. The van der Waals surface area contributed by atoms with Crippen molar-refractivity contribution >= 4 is 5.91 Å². The summed E-state index contributed by atoms with van der Waals surface area (Å²) in [5.41, 5.74) is 5.69. The Hall–Kier alpha value is -0.830. The fraction of sp³-hybridized carbons (Fsp3) is 0.750. The summed E-state index contributed by atoms with van der Waals surface area (Å²) in [4.78, 5) is 14.0. The molecule has 3 heteroatoms. The number of nitrogens with zero attached hydrogens (tertiary/aromatic N) is 1. The van der Waals surface area contributed by atoms with Gasteiger partial charge >= 0.3 is 0 Å². The second-order valence-electron chi connectivity index (χ2n) is 4.20. The number of nitrogens with two attached hydrogens (primary N) is 1. The van der Waals surface area contributed by atoms with E-state index in [0.717, 1.165) is 25.8 Å². The maximum atomic E-state index is 12.2. The van der Waals surface area contributed by atoms with E-state index in [1.54, 1.807) is 6.08 Å². The molecule has 1 amide bonds. The number of amides is 1. The van der Waals surface area contributed by atoms with Gasteiger partial charge in [-0.2, -0.15) is 0 Å². The fourth-order valence-electron chi connectivity index (χ4n) is 2.41. The van der Waals surface area contributed by atoms with Gasteiger partial charge in [0.25, 0.3) is 0 Å². The largest absolute Gasteiger partial charge is 0.339 e. The van der Waals surface area contributed by atoms with Gasteiger partial charge < -0.3 is 10.6 Å². The normalized spacial score (nSPS) is 25.2. The van der Waals surface area contributed by atoms with E-state index in [2.05, 4.69) is 6.58 Å². The first kappa shape index (κ1) is 12.2. The van der Waals surface area contributed by atoms with Gasteiger partial charge in [0.15, 0.2) is 0 Å². The zero-order chi connectivity index (χ0) is 11.3. The van der Waals surface area contributed by atoms with Crippen LogP contribution in [0.25, 0.3) is 0 Å². The van der Waals surface area contributed by atoms with Crippen LogP contribution in [0.5, 0.6) is 0 Å². The van der Waals surface area contributed by atoms with Crippen molar-refractivity contribution in [2.75, 3.05) is 19.6 Å². The van der Waals surface area contributed by atoms with Crippen LogP contribution < -0.4 is 5.73 Å². The lowest BCUT2D eigenvalue weighted by molar-refractivity contribution is -0.135. The molecule has 3 nitrogen and oxygen atoms in total. The monoisotopic (exact) mass is 210 g/mol. The first-order valence-corrected chi connectivity index (χ1v) is 5.84. The van der Waals surface area contributed by atoms with Crippen molar-refractivity contribution in [1.29, 1.82) is 0 Å². The summed E-state index contributed by atoms with van der Waals surface area (Å²) >= 11 is 0. The highest BCUT2D eigenvalue weighted by atomic mass is 16.2. The predicted molar refractivity (Wildman–Crippen MR) is 62.3 cm³/mol. The van der Waals surface area contributed by atoms with E-state index < -0.39 is 0 Å². The molecule has 1 rings (SSSR count). The molecule has 0 aromatic rings. The standard InChI is InChI=1S/C12H22N2O/c1-3-8-14(4-2)12(15)11-7-5-6-10(11)9-13/h3,10-11H,1,4-9,13H2,2H3. The molecule has 0 aromatic heterocycles. The minimum absolute atomic E-state index is 0.162. The van der Waals surface area contributed by atoms with E-state index >= 15 is 0 Å². The molecule has 1 aliphatic rings. The van der Waals surface area contributed by atoms with Crippen LogP contribution in [-0.2, 0) is 4.79 Å². The highest BCUT2D eigenvalue weighted by Crippen LogP contribution is 2.32. The quantitative estimate of drug-likeness (QED) is 0.697. The lowest BCUT2D eigenvalue weighted by Gasteiger charge is -2.25. The van der Waals surface area contributed by atoms with Crippen LogP contribution in [0.1, 0.15) is 26.2 Å². The first-order chi connectivity index (χ1) is 7.24.